The molecule has 1 aliphatic rings. The summed E-state index contributed by atoms with van der Waals surface area (Å²) in [4.78, 5) is 33.8. The van der Waals surface area contributed by atoms with Crippen LogP contribution in [-0.2, 0) is 17.8 Å². The van der Waals surface area contributed by atoms with Gasteiger partial charge in [0.1, 0.15) is 5.69 Å². The number of nitro groups is 1. The van der Waals surface area contributed by atoms with Crippen LogP contribution in [0.4, 0.5) is 11.4 Å². The Morgan fingerprint density at radius 1 is 1.29 bits per heavy atom. The number of anilines is 1. The third-order valence-corrected chi connectivity index (χ3v) is 5.83. The quantitative estimate of drug-likeness (QED) is 0.521. The summed E-state index contributed by atoms with van der Waals surface area (Å²) >= 11 is 1.65. The van der Waals surface area contributed by atoms with Crippen LogP contribution in [-0.4, -0.2) is 65.4 Å². The Morgan fingerprint density at radius 2 is 2.00 bits per heavy atom. The lowest BCUT2D eigenvalue weighted by atomic mass is 10.2. The van der Waals surface area contributed by atoms with Crippen LogP contribution >= 0.6 is 11.3 Å². The summed E-state index contributed by atoms with van der Waals surface area (Å²) in [6, 6.07) is 6.76. The van der Waals surface area contributed by atoms with Crippen molar-refractivity contribution in [3.63, 3.8) is 0 Å². The molecule has 2 heterocycles. The van der Waals surface area contributed by atoms with Crippen LogP contribution in [0.5, 0.6) is 0 Å². The van der Waals surface area contributed by atoms with Gasteiger partial charge in [0.25, 0.3) is 5.69 Å². The summed E-state index contributed by atoms with van der Waals surface area (Å²) < 4.78 is 0. The van der Waals surface area contributed by atoms with Crippen molar-refractivity contribution in [3.05, 3.63) is 50.5 Å². The molecule has 28 heavy (non-hydrogen) atoms. The van der Waals surface area contributed by atoms with Crippen molar-refractivity contribution in [2.45, 2.75) is 19.9 Å². The number of nitrogens with zero attached hydrogens (tertiary/aromatic N) is 5. The number of aryl methyl sites for hydroxylation is 1. The van der Waals surface area contributed by atoms with E-state index < -0.39 is 0 Å². The molecule has 0 saturated carbocycles. The van der Waals surface area contributed by atoms with Crippen molar-refractivity contribution >= 4 is 28.6 Å². The van der Waals surface area contributed by atoms with E-state index in [1.165, 1.54) is 6.07 Å². The number of para-hydroxylation sites is 2. The van der Waals surface area contributed by atoms with E-state index in [4.69, 9.17) is 0 Å². The molecule has 1 aliphatic heterocycles. The SMILES string of the molecule is CCc1nc(CN(C)CC(=O)N2CCN(c3ccccc3[N+](=O)[O-])CC2)cs1. The first-order valence-corrected chi connectivity index (χ1v) is 10.2. The number of carbonyl (C=O) groups is 1. The largest absolute Gasteiger partial charge is 0.362 e. The lowest BCUT2D eigenvalue weighted by Gasteiger charge is -2.36. The summed E-state index contributed by atoms with van der Waals surface area (Å²) in [5.41, 5.74) is 1.72. The number of aromatic nitrogens is 1. The zero-order valence-corrected chi connectivity index (χ0v) is 17.0. The van der Waals surface area contributed by atoms with Gasteiger partial charge in [-0.1, -0.05) is 19.1 Å². The van der Waals surface area contributed by atoms with Crippen LogP contribution in [0.25, 0.3) is 0 Å². The number of amides is 1. The van der Waals surface area contributed by atoms with Gasteiger partial charge in [0.05, 0.1) is 22.2 Å². The van der Waals surface area contributed by atoms with Gasteiger partial charge in [-0.25, -0.2) is 4.98 Å². The van der Waals surface area contributed by atoms with Gasteiger partial charge in [0, 0.05) is 44.2 Å². The molecule has 8 nitrogen and oxygen atoms in total. The average molecular weight is 404 g/mol. The summed E-state index contributed by atoms with van der Waals surface area (Å²) in [7, 11) is 1.92. The van der Waals surface area contributed by atoms with E-state index in [-0.39, 0.29) is 16.5 Å². The van der Waals surface area contributed by atoms with Gasteiger partial charge < -0.3 is 9.80 Å². The fourth-order valence-corrected chi connectivity index (χ4v) is 4.07. The molecule has 0 N–H and O–H groups in total. The van der Waals surface area contributed by atoms with E-state index in [1.807, 2.05) is 27.1 Å². The maximum Gasteiger partial charge on any atom is 0.292 e. The van der Waals surface area contributed by atoms with Crippen LogP contribution in [0.1, 0.15) is 17.6 Å². The van der Waals surface area contributed by atoms with Gasteiger partial charge in [0.15, 0.2) is 0 Å². The molecular weight excluding hydrogens is 378 g/mol. The first-order valence-electron chi connectivity index (χ1n) is 9.36. The summed E-state index contributed by atoms with van der Waals surface area (Å²) in [5.74, 6) is 0.0793. The molecule has 0 aliphatic carbocycles. The number of benzene rings is 1. The molecule has 0 bridgehead atoms. The Morgan fingerprint density at radius 3 is 2.64 bits per heavy atom. The van der Waals surface area contributed by atoms with Gasteiger partial charge in [-0.05, 0) is 19.5 Å². The molecule has 150 valence electrons. The molecule has 1 aromatic carbocycles. The molecule has 0 unspecified atom stereocenters. The van der Waals surface area contributed by atoms with Gasteiger partial charge in [-0.15, -0.1) is 11.3 Å². The highest BCUT2D eigenvalue weighted by atomic mass is 32.1. The van der Waals surface area contributed by atoms with Crippen molar-refractivity contribution in [2.24, 2.45) is 0 Å². The van der Waals surface area contributed by atoms with Gasteiger partial charge in [-0.3, -0.25) is 19.8 Å². The number of hydrogen-bond acceptors (Lipinski definition) is 7. The van der Waals surface area contributed by atoms with Gasteiger partial charge in [-0.2, -0.15) is 0 Å². The third kappa shape index (κ3) is 4.85. The monoisotopic (exact) mass is 403 g/mol. The average Bonchev–Trinajstić information content (AvgIpc) is 3.15. The second kappa shape index (κ2) is 9.11. The standard InChI is InChI=1S/C19H25N5O3S/c1-3-18-20-15(14-28-18)12-21(2)13-19(25)23-10-8-22(9-11-23)16-6-4-5-7-17(16)24(26)27/h4-7,14H,3,8-13H2,1-2H3. The Hall–Kier alpha value is -2.52. The maximum atomic E-state index is 12.6. The summed E-state index contributed by atoms with van der Waals surface area (Å²) in [6.45, 7) is 5.38. The van der Waals surface area contributed by atoms with Gasteiger partial charge in [0.2, 0.25) is 5.91 Å². The van der Waals surface area contributed by atoms with E-state index >= 15 is 0 Å². The van der Waals surface area contributed by atoms with E-state index in [9.17, 15) is 14.9 Å². The fraction of sp³-hybridized carbons (Fsp3) is 0.474. The molecule has 1 amide bonds. The smallest absolute Gasteiger partial charge is 0.292 e. The van der Waals surface area contributed by atoms with E-state index in [2.05, 4.69) is 11.9 Å². The minimum atomic E-state index is -0.357. The molecule has 9 heteroatoms. The molecule has 1 aromatic heterocycles. The van der Waals surface area contributed by atoms with Crippen LogP contribution < -0.4 is 4.90 Å². The highest BCUT2D eigenvalue weighted by Gasteiger charge is 2.25. The molecule has 1 saturated heterocycles. The van der Waals surface area contributed by atoms with E-state index in [0.29, 0.717) is 45.0 Å². The van der Waals surface area contributed by atoms with Crippen LogP contribution in [0.15, 0.2) is 29.6 Å². The Kier molecular flexibility index (Phi) is 6.58. The molecule has 3 rings (SSSR count). The Bertz CT molecular complexity index is 832. The van der Waals surface area contributed by atoms with E-state index in [1.54, 1.807) is 29.5 Å². The van der Waals surface area contributed by atoms with E-state index in [0.717, 1.165) is 17.1 Å². The molecule has 0 atom stereocenters. The molecular formula is C19H25N5O3S. The lowest BCUT2D eigenvalue weighted by molar-refractivity contribution is -0.384. The highest BCUT2D eigenvalue weighted by Crippen LogP contribution is 2.28. The maximum absolute atomic E-state index is 12.6. The zero-order chi connectivity index (χ0) is 20.1. The van der Waals surface area contributed by atoms with Crippen molar-refractivity contribution < 1.29 is 9.72 Å². The minimum Gasteiger partial charge on any atom is -0.362 e. The second-order valence-corrected chi connectivity index (χ2v) is 7.81. The molecule has 2 aromatic rings. The molecule has 0 radical (unpaired) electrons. The molecule has 0 spiro atoms. The number of hydrogen-bond donors (Lipinski definition) is 0. The van der Waals surface area contributed by atoms with Crippen molar-refractivity contribution in [1.82, 2.24) is 14.8 Å². The number of likely N-dealkylation sites (N-methyl/N-ethyl adjacent to an activating group) is 1. The Labute approximate surface area is 168 Å². The number of nitro benzene ring substituents is 1. The van der Waals surface area contributed by atoms with Crippen LogP contribution in [0.2, 0.25) is 0 Å². The number of carbonyl (C=O) groups excluding carboxylic acids is 1. The zero-order valence-electron chi connectivity index (χ0n) is 16.2. The lowest BCUT2D eigenvalue weighted by Crippen LogP contribution is -2.51. The second-order valence-electron chi connectivity index (χ2n) is 6.87. The van der Waals surface area contributed by atoms with Gasteiger partial charge >= 0.3 is 0 Å². The van der Waals surface area contributed by atoms with Crippen molar-refractivity contribution in [2.75, 3.05) is 44.7 Å². The number of thiazole rings is 1. The minimum absolute atomic E-state index is 0.0793. The van der Waals surface area contributed by atoms with Crippen molar-refractivity contribution in [3.8, 4) is 0 Å². The first-order chi connectivity index (χ1) is 13.5. The number of piperazine rings is 1. The first kappa shape index (κ1) is 20.2. The summed E-state index contributed by atoms with van der Waals surface area (Å²) in [6.07, 6.45) is 0.928. The normalized spacial score (nSPS) is 14.5. The molecule has 1 fully saturated rings. The predicted octanol–water partition coefficient (Wildman–Crippen LogP) is 2.39. The fourth-order valence-electron chi connectivity index (χ4n) is 3.33. The third-order valence-electron chi connectivity index (χ3n) is 4.79. The topological polar surface area (TPSA) is 82.8 Å². The Balaban J connectivity index is 1.51. The predicted molar refractivity (Wildman–Crippen MR) is 110 cm³/mol. The summed E-state index contributed by atoms with van der Waals surface area (Å²) in [5, 5.41) is 14.4. The van der Waals surface area contributed by atoms with Crippen LogP contribution in [0, 0.1) is 10.1 Å². The van der Waals surface area contributed by atoms with Crippen LogP contribution in [0.3, 0.4) is 0 Å². The van der Waals surface area contributed by atoms with Crippen molar-refractivity contribution in [1.29, 1.82) is 0 Å². The number of rotatable bonds is 7. The highest BCUT2D eigenvalue weighted by molar-refractivity contribution is 7.09.